The van der Waals surface area contributed by atoms with E-state index in [9.17, 15) is 0 Å². The van der Waals surface area contributed by atoms with Crippen molar-refractivity contribution in [3.63, 3.8) is 0 Å². The Bertz CT molecular complexity index is 903. The number of hydrogen-bond donors (Lipinski definition) is 2. The first-order valence-corrected chi connectivity index (χ1v) is 10.5. The second-order valence-corrected chi connectivity index (χ2v) is 7.06. The predicted molar refractivity (Wildman–Crippen MR) is 122 cm³/mol. The van der Waals surface area contributed by atoms with Crippen LogP contribution in [0.5, 0.6) is 5.75 Å². The molecule has 0 saturated heterocycles. The molecule has 0 unspecified atom stereocenters. The van der Waals surface area contributed by atoms with E-state index in [1.54, 1.807) is 0 Å². The monoisotopic (exact) mass is 405 g/mol. The van der Waals surface area contributed by atoms with Crippen molar-refractivity contribution in [2.45, 2.75) is 26.8 Å². The highest BCUT2D eigenvalue weighted by Gasteiger charge is 2.04. The minimum Gasteiger partial charge on any atom is -0.492 e. The molecule has 6 heteroatoms. The SMILES string of the molecule is CCNC(=NCCc1nccn1Cc1ccccc1)NCCOc1ccc(C)cc1. The van der Waals surface area contributed by atoms with Gasteiger partial charge in [0.15, 0.2) is 5.96 Å². The average molecular weight is 406 g/mol. The molecule has 6 nitrogen and oxygen atoms in total. The van der Waals surface area contributed by atoms with Crippen molar-refractivity contribution < 1.29 is 4.74 Å². The first-order chi connectivity index (χ1) is 14.7. The van der Waals surface area contributed by atoms with Crippen molar-refractivity contribution in [3.8, 4) is 5.75 Å². The molecule has 0 amide bonds. The molecule has 0 aliphatic heterocycles. The summed E-state index contributed by atoms with van der Waals surface area (Å²) in [5.74, 6) is 2.72. The van der Waals surface area contributed by atoms with Crippen molar-refractivity contribution in [3.05, 3.63) is 83.9 Å². The number of rotatable bonds is 10. The van der Waals surface area contributed by atoms with Crippen molar-refractivity contribution >= 4 is 5.96 Å². The third kappa shape index (κ3) is 6.95. The van der Waals surface area contributed by atoms with Gasteiger partial charge < -0.3 is 19.9 Å². The Morgan fingerprint density at radius 3 is 2.63 bits per heavy atom. The molecular formula is C24H31N5O. The average Bonchev–Trinajstić information content (AvgIpc) is 3.20. The van der Waals surface area contributed by atoms with Crippen LogP contribution < -0.4 is 15.4 Å². The number of hydrogen-bond acceptors (Lipinski definition) is 3. The van der Waals surface area contributed by atoms with E-state index in [-0.39, 0.29) is 0 Å². The maximum Gasteiger partial charge on any atom is 0.191 e. The Balaban J connectivity index is 1.45. The van der Waals surface area contributed by atoms with E-state index < -0.39 is 0 Å². The van der Waals surface area contributed by atoms with Crippen LogP contribution in [-0.2, 0) is 13.0 Å². The van der Waals surface area contributed by atoms with Crippen molar-refractivity contribution in [2.24, 2.45) is 4.99 Å². The molecule has 3 rings (SSSR count). The van der Waals surface area contributed by atoms with Gasteiger partial charge in [-0.15, -0.1) is 0 Å². The summed E-state index contributed by atoms with van der Waals surface area (Å²) in [6.07, 6.45) is 4.67. The first kappa shape index (κ1) is 21.4. The summed E-state index contributed by atoms with van der Waals surface area (Å²) < 4.78 is 7.95. The van der Waals surface area contributed by atoms with Crippen LogP contribution in [0.3, 0.4) is 0 Å². The largest absolute Gasteiger partial charge is 0.492 e. The Hall–Kier alpha value is -3.28. The van der Waals surface area contributed by atoms with E-state index >= 15 is 0 Å². The minimum absolute atomic E-state index is 0.578. The molecule has 2 aromatic carbocycles. The highest BCUT2D eigenvalue weighted by molar-refractivity contribution is 5.79. The van der Waals surface area contributed by atoms with Crippen molar-refractivity contribution in [1.82, 2.24) is 20.2 Å². The number of benzene rings is 2. The second kappa shape index (κ2) is 11.7. The zero-order valence-electron chi connectivity index (χ0n) is 17.8. The molecular weight excluding hydrogens is 374 g/mol. The summed E-state index contributed by atoms with van der Waals surface area (Å²) in [6, 6.07) is 18.5. The van der Waals surface area contributed by atoms with Crippen LogP contribution in [0.4, 0.5) is 0 Å². The minimum atomic E-state index is 0.578. The highest BCUT2D eigenvalue weighted by atomic mass is 16.5. The molecule has 0 bridgehead atoms. The van der Waals surface area contributed by atoms with Crippen LogP contribution in [-0.4, -0.2) is 41.8 Å². The summed E-state index contributed by atoms with van der Waals surface area (Å²) in [6.45, 7) is 7.70. The lowest BCUT2D eigenvalue weighted by Gasteiger charge is -2.12. The summed E-state index contributed by atoms with van der Waals surface area (Å²) in [5.41, 5.74) is 2.50. The second-order valence-electron chi connectivity index (χ2n) is 7.06. The molecule has 0 saturated carbocycles. The number of ether oxygens (including phenoxy) is 1. The fraction of sp³-hybridized carbons (Fsp3) is 0.333. The van der Waals surface area contributed by atoms with Crippen LogP contribution in [0, 0.1) is 6.92 Å². The molecule has 0 atom stereocenters. The topological polar surface area (TPSA) is 63.5 Å². The number of imidazole rings is 1. The highest BCUT2D eigenvalue weighted by Crippen LogP contribution is 2.10. The number of nitrogens with zero attached hydrogens (tertiary/aromatic N) is 3. The van der Waals surface area contributed by atoms with Gasteiger partial charge in [-0.2, -0.15) is 0 Å². The van der Waals surface area contributed by atoms with Gasteiger partial charge in [0.2, 0.25) is 0 Å². The standard InChI is InChI=1S/C24H31N5O/c1-3-25-24(28-16-18-30-22-11-9-20(2)10-12-22)27-14-13-23-26-15-17-29(23)19-21-7-5-4-6-8-21/h4-12,15,17H,3,13-14,16,18-19H2,1-2H3,(H2,25,27,28). The van der Waals surface area contributed by atoms with Crippen molar-refractivity contribution in [2.75, 3.05) is 26.2 Å². The third-order valence-electron chi connectivity index (χ3n) is 4.63. The van der Waals surface area contributed by atoms with E-state index in [2.05, 4.69) is 75.4 Å². The van der Waals surface area contributed by atoms with Gasteiger partial charge in [-0.05, 0) is 31.5 Å². The normalized spacial score (nSPS) is 11.3. The van der Waals surface area contributed by atoms with Gasteiger partial charge >= 0.3 is 0 Å². The smallest absolute Gasteiger partial charge is 0.191 e. The van der Waals surface area contributed by atoms with E-state index in [4.69, 9.17) is 4.74 Å². The van der Waals surface area contributed by atoms with Gasteiger partial charge in [0.25, 0.3) is 0 Å². The lowest BCUT2D eigenvalue weighted by atomic mass is 10.2. The molecule has 0 aliphatic rings. The van der Waals surface area contributed by atoms with Crippen molar-refractivity contribution in [1.29, 1.82) is 0 Å². The maximum atomic E-state index is 5.77. The first-order valence-electron chi connectivity index (χ1n) is 10.5. The van der Waals surface area contributed by atoms with E-state index in [1.165, 1.54) is 11.1 Å². The van der Waals surface area contributed by atoms with Crippen LogP contribution in [0.25, 0.3) is 0 Å². The summed E-state index contributed by atoms with van der Waals surface area (Å²) in [7, 11) is 0. The quantitative estimate of drug-likeness (QED) is 0.308. The van der Waals surface area contributed by atoms with Gasteiger partial charge in [-0.1, -0.05) is 48.0 Å². The molecule has 1 heterocycles. The fourth-order valence-electron chi connectivity index (χ4n) is 3.07. The summed E-state index contributed by atoms with van der Waals surface area (Å²) in [5, 5.41) is 6.60. The zero-order valence-corrected chi connectivity index (χ0v) is 17.8. The van der Waals surface area contributed by atoms with Gasteiger partial charge in [0.1, 0.15) is 18.2 Å². The molecule has 30 heavy (non-hydrogen) atoms. The van der Waals surface area contributed by atoms with Crippen LogP contribution >= 0.6 is 0 Å². The molecule has 0 spiro atoms. The fourth-order valence-corrected chi connectivity index (χ4v) is 3.07. The van der Waals surface area contributed by atoms with Crippen LogP contribution in [0.2, 0.25) is 0 Å². The zero-order chi connectivity index (χ0) is 21.0. The Labute approximate surface area is 179 Å². The van der Waals surface area contributed by atoms with Crippen LogP contribution in [0.15, 0.2) is 72.0 Å². The van der Waals surface area contributed by atoms with Gasteiger partial charge in [-0.25, -0.2) is 4.98 Å². The molecule has 158 valence electrons. The van der Waals surface area contributed by atoms with Gasteiger partial charge in [-0.3, -0.25) is 4.99 Å². The Kier molecular flexibility index (Phi) is 8.33. The summed E-state index contributed by atoms with van der Waals surface area (Å²) in [4.78, 5) is 9.18. The lowest BCUT2D eigenvalue weighted by Crippen LogP contribution is -2.39. The van der Waals surface area contributed by atoms with E-state index in [0.717, 1.165) is 37.0 Å². The molecule has 1 aromatic heterocycles. The number of guanidine groups is 1. The molecule has 0 radical (unpaired) electrons. The molecule has 3 aromatic rings. The predicted octanol–water partition coefficient (Wildman–Crippen LogP) is 3.42. The summed E-state index contributed by atoms with van der Waals surface area (Å²) >= 11 is 0. The van der Waals surface area contributed by atoms with Gasteiger partial charge in [0, 0.05) is 38.4 Å². The molecule has 0 aliphatic carbocycles. The Morgan fingerprint density at radius 2 is 1.87 bits per heavy atom. The van der Waals surface area contributed by atoms with E-state index in [1.807, 2.05) is 30.6 Å². The van der Waals surface area contributed by atoms with E-state index in [0.29, 0.717) is 19.7 Å². The number of aromatic nitrogens is 2. The number of aryl methyl sites for hydroxylation is 1. The number of nitrogens with one attached hydrogen (secondary N) is 2. The maximum absolute atomic E-state index is 5.77. The number of aliphatic imine (C=N–C) groups is 1. The van der Waals surface area contributed by atoms with Crippen LogP contribution in [0.1, 0.15) is 23.9 Å². The third-order valence-corrected chi connectivity index (χ3v) is 4.63. The molecule has 0 fully saturated rings. The molecule has 2 N–H and O–H groups in total. The lowest BCUT2D eigenvalue weighted by molar-refractivity contribution is 0.322. The van der Waals surface area contributed by atoms with Gasteiger partial charge in [0.05, 0.1) is 6.54 Å². The Morgan fingerprint density at radius 1 is 1.07 bits per heavy atom.